The zero-order chi connectivity index (χ0) is 23.4. The average Bonchev–Trinajstić information content (AvgIpc) is 3.30. The SMILES string of the molecule is O=C(c1cccc(OCCN2CCOCC2)c1)N1CC[C@]2(C1)CN(c1ccccc1)C(=O)CO2. The van der Waals surface area contributed by atoms with E-state index in [1.165, 1.54) is 0 Å². The van der Waals surface area contributed by atoms with Crippen LogP contribution in [-0.2, 0) is 14.3 Å². The van der Waals surface area contributed by atoms with E-state index in [4.69, 9.17) is 14.2 Å². The molecule has 2 aromatic rings. The first-order chi connectivity index (χ1) is 16.6. The molecule has 0 aliphatic carbocycles. The van der Waals surface area contributed by atoms with Gasteiger partial charge in [-0.05, 0) is 36.8 Å². The Labute approximate surface area is 200 Å². The third-order valence-corrected chi connectivity index (χ3v) is 6.78. The molecule has 34 heavy (non-hydrogen) atoms. The summed E-state index contributed by atoms with van der Waals surface area (Å²) in [6.45, 7) is 6.33. The number of morpholine rings is 2. The molecule has 1 spiro atoms. The van der Waals surface area contributed by atoms with Gasteiger partial charge < -0.3 is 24.0 Å². The van der Waals surface area contributed by atoms with Crippen molar-refractivity contribution in [2.45, 2.75) is 12.0 Å². The van der Waals surface area contributed by atoms with Crippen molar-refractivity contribution in [1.29, 1.82) is 0 Å². The van der Waals surface area contributed by atoms with Crippen LogP contribution in [0.3, 0.4) is 0 Å². The molecule has 2 amide bonds. The standard InChI is InChI=1S/C26H31N3O5/c30-24-18-34-26(20-29(24)22-6-2-1-3-7-22)9-10-28(19-26)25(31)21-5-4-8-23(17-21)33-16-13-27-11-14-32-15-12-27/h1-8,17H,9-16,18-20H2/t26-/m0/s1. The summed E-state index contributed by atoms with van der Waals surface area (Å²) in [7, 11) is 0. The molecule has 0 unspecified atom stereocenters. The first kappa shape index (κ1) is 22.8. The maximum Gasteiger partial charge on any atom is 0.254 e. The summed E-state index contributed by atoms with van der Waals surface area (Å²) in [5.41, 5.74) is 0.931. The number of carbonyl (C=O) groups excluding carboxylic acids is 2. The molecule has 180 valence electrons. The molecule has 0 bridgehead atoms. The number of carbonyl (C=O) groups is 2. The normalized spacial score (nSPS) is 23.5. The average molecular weight is 466 g/mol. The fourth-order valence-corrected chi connectivity index (χ4v) is 4.84. The van der Waals surface area contributed by atoms with Crippen LogP contribution in [0.15, 0.2) is 54.6 Å². The van der Waals surface area contributed by atoms with Gasteiger partial charge >= 0.3 is 0 Å². The number of hydrogen-bond acceptors (Lipinski definition) is 6. The lowest BCUT2D eigenvalue weighted by molar-refractivity contribution is -0.137. The van der Waals surface area contributed by atoms with Gasteiger partial charge in [-0.3, -0.25) is 14.5 Å². The second kappa shape index (κ2) is 10.1. The lowest BCUT2D eigenvalue weighted by Gasteiger charge is -2.40. The third kappa shape index (κ3) is 5.09. The quantitative estimate of drug-likeness (QED) is 0.650. The van der Waals surface area contributed by atoms with Crippen molar-refractivity contribution in [3.05, 3.63) is 60.2 Å². The molecule has 5 rings (SSSR count). The van der Waals surface area contributed by atoms with Crippen LogP contribution >= 0.6 is 0 Å². The number of ether oxygens (including phenoxy) is 3. The molecule has 3 aliphatic rings. The highest BCUT2D eigenvalue weighted by Crippen LogP contribution is 2.33. The summed E-state index contributed by atoms with van der Waals surface area (Å²) >= 11 is 0. The van der Waals surface area contributed by atoms with Crippen LogP contribution in [0.5, 0.6) is 5.75 Å². The number of nitrogens with zero attached hydrogens (tertiary/aromatic N) is 3. The van der Waals surface area contributed by atoms with Crippen molar-refractivity contribution < 1.29 is 23.8 Å². The minimum atomic E-state index is -0.536. The second-order valence-corrected chi connectivity index (χ2v) is 9.09. The van der Waals surface area contributed by atoms with Crippen molar-refractivity contribution in [1.82, 2.24) is 9.80 Å². The molecule has 3 fully saturated rings. The fourth-order valence-electron chi connectivity index (χ4n) is 4.84. The van der Waals surface area contributed by atoms with Crippen molar-refractivity contribution in [3.63, 3.8) is 0 Å². The van der Waals surface area contributed by atoms with E-state index >= 15 is 0 Å². The van der Waals surface area contributed by atoms with Gasteiger partial charge in [-0.2, -0.15) is 0 Å². The third-order valence-electron chi connectivity index (χ3n) is 6.78. The summed E-state index contributed by atoms with van der Waals surface area (Å²) in [5.74, 6) is 0.605. The topological polar surface area (TPSA) is 71.5 Å². The molecule has 0 radical (unpaired) electrons. The van der Waals surface area contributed by atoms with E-state index in [0.29, 0.717) is 44.0 Å². The number of amides is 2. The second-order valence-electron chi connectivity index (χ2n) is 9.09. The Morgan fingerprint density at radius 1 is 1.00 bits per heavy atom. The predicted molar refractivity (Wildman–Crippen MR) is 127 cm³/mol. The van der Waals surface area contributed by atoms with Crippen LogP contribution < -0.4 is 9.64 Å². The Balaban J connectivity index is 1.19. The maximum absolute atomic E-state index is 13.3. The van der Waals surface area contributed by atoms with E-state index in [9.17, 15) is 9.59 Å². The number of hydrogen-bond donors (Lipinski definition) is 0. The number of para-hydroxylation sites is 1. The summed E-state index contributed by atoms with van der Waals surface area (Å²) < 4.78 is 17.3. The van der Waals surface area contributed by atoms with Crippen molar-refractivity contribution in [2.75, 3.05) is 70.6 Å². The van der Waals surface area contributed by atoms with Gasteiger partial charge in [-0.25, -0.2) is 0 Å². The van der Waals surface area contributed by atoms with Gasteiger partial charge in [-0.1, -0.05) is 24.3 Å². The maximum atomic E-state index is 13.3. The van der Waals surface area contributed by atoms with Crippen LogP contribution in [0, 0.1) is 0 Å². The summed E-state index contributed by atoms with van der Waals surface area (Å²) in [6.07, 6.45) is 0.699. The van der Waals surface area contributed by atoms with Crippen molar-refractivity contribution in [2.24, 2.45) is 0 Å². The minimum absolute atomic E-state index is 0.0311. The first-order valence-corrected chi connectivity index (χ1v) is 11.9. The highest BCUT2D eigenvalue weighted by molar-refractivity contribution is 5.96. The van der Waals surface area contributed by atoms with Gasteiger partial charge in [0.05, 0.1) is 26.3 Å². The highest BCUT2D eigenvalue weighted by Gasteiger charge is 2.46. The predicted octanol–water partition coefficient (Wildman–Crippen LogP) is 2.05. The molecule has 3 heterocycles. The number of anilines is 1. The summed E-state index contributed by atoms with van der Waals surface area (Å²) in [5, 5.41) is 0. The molecule has 3 saturated heterocycles. The van der Waals surface area contributed by atoms with Gasteiger partial charge in [0.15, 0.2) is 0 Å². The lowest BCUT2D eigenvalue weighted by atomic mass is 10.00. The molecule has 8 nitrogen and oxygen atoms in total. The summed E-state index contributed by atoms with van der Waals surface area (Å²) in [6, 6.07) is 17.0. The number of benzene rings is 2. The minimum Gasteiger partial charge on any atom is -0.492 e. The highest BCUT2D eigenvalue weighted by atomic mass is 16.5. The Bertz CT molecular complexity index is 1010. The van der Waals surface area contributed by atoms with E-state index in [1.807, 2.05) is 59.5 Å². The summed E-state index contributed by atoms with van der Waals surface area (Å²) in [4.78, 5) is 31.7. The van der Waals surface area contributed by atoms with E-state index in [0.717, 1.165) is 38.5 Å². The number of rotatable bonds is 6. The Kier molecular flexibility index (Phi) is 6.80. The Morgan fingerprint density at radius 3 is 2.65 bits per heavy atom. The van der Waals surface area contributed by atoms with Gasteiger partial charge in [-0.15, -0.1) is 0 Å². The van der Waals surface area contributed by atoms with Crippen LogP contribution in [0.1, 0.15) is 16.8 Å². The molecule has 0 aromatic heterocycles. The van der Waals surface area contributed by atoms with Crippen molar-refractivity contribution >= 4 is 17.5 Å². The van der Waals surface area contributed by atoms with E-state index in [-0.39, 0.29) is 18.4 Å². The van der Waals surface area contributed by atoms with Crippen LogP contribution in [0.2, 0.25) is 0 Å². The zero-order valence-electron chi connectivity index (χ0n) is 19.4. The number of likely N-dealkylation sites (tertiary alicyclic amines) is 1. The van der Waals surface area contributed by atoms with E-state index < -0.39 is 5.60 Å². The van der Waals surface area contributed by atoms with Crippen LogP contribution in [0.25, 0.3) is 0 Å². The molecule has 8 heteroatoms. The lowest BCUT2D eigenvalue weighted by Crippen LogP contribution is -2.56. The molecular formula is C26H31N3O5. The van der Waals surface area contributed by atoms with Gasteiger partial charge in [0.1, 0.15) is 24.6 Å². The van der Waals surface area contributed by atoms with Gasteiger partial charge in [0, 0.05) is 37.4 Å². The van der Waals surface area contributed by atoms with E-state index in [2.05, 4.69) is 4.90 Å². The molecular weight excluding hydrogens is 434 g/mol. The molecule has 0 saturated carbocycles. The monoisotopic (exact) mass is 465 g/mol. The molecule has 3 aliphatic heterocycles. The zero-order valence-corrected chi connectivity index (χ0v) is 19.4. The van der Waals surface area contributed by atoms with Gasteiger partial charge in [0.2, 0.25) is 0 Å². The molecule has 0 N–H and O–H groups in total. The van der Waals surface area contributed by atoms with Gasteiger partial charge in [0.25, 0.3) is 11.8 Å². The van der Waals surface area contributed by atoms with Crippen molar-refractivity contribution in [3.8, 4) is 5.75 Å². The Morgan fingerprint density at radius 2 is 1.82 bits per heavy atom. The first-order valence-electron chi connectivity index (χ1n) is 11.9. The van der Waals surface area contributed by atoms with Crippen LogP contribution in [-0.4, -0.2) is 92.9 Å². The van der Waals surface area contributed by atoms with E-state index in [1.54, 1.807) is 4.90 Å². The largest absolute Gasteiger partial charge is 0.492 e. The smallest absolute Gasteiger partial charge is 0.254 e. The molecule has 2 aromatic carbocycles. The Hall–Kier alpha value is -2.94. The molecule has 1 atom stereocenters. The fraction of sp³-hybridized carbons (Fsp3) is 0.462. The van der Waals surface area contributed by atoms with Crippen LogP contribution in [0.4, 0.5) is 5.69 Å².